The number of aromatic nitrogens is 1. The Kier molecular flexibility index (Phi) is 4.54. The number of rotatable bonds is 4. The molecule has 1 atom stereocenters. The highest BCUT2D eigenvalue weighted by Gasteiger charge is 2.20. The molecule has 1 rings (SSSR count). The fourth-order valence-corrected chi connectivity index (χ4v) is 1.47. The Balaban J connectivity index is 2.85. The van der Waals surface area contributed by atoms with Crippen LogP contribution in [0, 0.1) is 0 Å². The van der Waals surface area contributed by atoms with Crippen LogP contribution in [0.2, 0.25) is 0 Å². The van der Waals surface area contributed by atoms with E-state index in [1.54, 1.807) is 6.92 Å². The molecule has 1 unspecified atom stereocenters. The maximum atomic E-state index is 12.0. The number of nitrogens with two attached hydrogens (primary N) is 2. The van der Waals surface area contributed by atoms with Crippen LogP contribution in [0.25, 0.3) is 0 Å². The molecule has 0 radical (unpaired) electrons. The van der Waals surface area contributed by atoms with Gasteiger partial charge in [-0.3, -0.25) is 9.59 Å². The summed E-state index contributed by atoms with van der Waals surface area (Å²) < 4.78 is 0. The molecular weight excluding hydrogens is 258 g/mol. The average Bonchev–Trinajstić information content (AvgIpc) is 2.29. The minimum atomic E-state index is -0.653. The van der Waals surface area contributed by atoms with Gasteiger partial charge in [0.15, 0.2) is 5.82 Å². The molecule has 0 aliphatic carbocycles. The number of nitrogens with one attached hydrogen (secondary N) is 2. The van der Waals surface area contributed by atoms with Crippen LogP contribution in [-0.4, -0.2) is 28.4 Å². The number of anilines is 2. The van der Waals surface area contributed by atoms with Crippen molar-refractivity contribution in [3.63, 3.8) is 0 Å². The van der Waals surface area contributed by atoms with Gasteiger partial charge in [-0.05, 0) is 39.8 Å². The minimum absolute atomic E-state index is 0.0881. The van der Waals surface area contributed by atoms with E-state index in [0.717, 1.165) is 0 Å². The van der Waals surface area contributed by atoms with Crippen molar-refractivity contribution in [1.82, 2.24) is 10.3 Å². The van der Waals surface area contributed by atoms with Crippen LogP contribution in [-0.2, 0) is 4.79 Å². The molecule has 0 saturated heterocycles. The van der Waals surface area contributed by atoms with Gasteiger partial charge in [-0.25, -0.2) is 4.98 Å². The van der Waals surface area contributed by atoms with Crippen LogP contribution in [0.3, 0.4) is 0 Å². The molecule has 1 aromatic heterocycles. The van der Waals surface area contributed by atoms with Crippen molar-refractivity contribution in [3.05, 3.63) is 17.8 Å². The fourth-order valence-electron chi connectivity index (χ4n) is 1.47. The maximum absolute atomic E-state index is 12.0. The third-order valence-electron chi connectivity index (χ3n) is 2.42. The van der Waals surface area contributed by atoms with E-state index in [1.165, 1.54) is 12.1 Å². The Labute approximate surface area is 118 Å². The summed E-state index contributed by atoms with van der Waals surface area (Å²) in [6.45, 7) is 7.34. The van der Waals surface area contributed by atoms with Gasteiger partial charge in [0.2, 0.25) is 5.91 Å². The molecule has 7 nitrogen and oxygen atoms in total. The predicted molar refractivity (Wildman–Crippen MR) is 78.1 cm³/mol. The second-order valence-electron chi connectivity index (χ2n) is 5.60. The third-order valence-corrected chi connectivity index (χ3v) is 2.42. The van der Waals surface area contributed by atoms with Crippen LogP contribution in [0.1, 0.15) is 38.2 Å². The van der Waals surface area contributed by atoms with Gasteiger partial charge in [0.1, 0.15) is 11.7 Å². The molecule has 2 amide bonds. The zero-order chi connectivity index (χ0) is 15.5. The van der Waals surface area contributed by atoms with Crippen molar-refractivity contribution in [2.75, 3.05) is 11.1 Å². The summed E-state index contributed by atoms with van der Waals surface area (Å²) in [4.78, 5) is 27.0. The Morgan fingerprint density at radius 1 is 1.30 bits per heavy atom. The van der Waals surface area contributed by atoms with Gasteiger partial charge < -0.3 is 22.1 Å². The largest absolute Gasteiger partial charge is 0.396 e. The van der Waals surface area contributed by atoms with E-state index in [1.807, 2.05) is 20.8 Å². The van der Waals surface area contributed by atoms with E-state index in [9.17, 15) is 9.59 Å². The van der Waals surface area contributed by atoms with E-state index < -0.39 is 11.9 Å². The number of pyridine rings is 1. The summed E-state index contributed by atoms with van der Waals surface area (Å²) in [5.41, 5.74) is 11.0. The zero-order valence-electron chi connectivity index (χ0n) is 12.2. The summed E-state index contributed by atoms with van der Waals surface area (Å²) >= 11 is 0. The van der Waals surface area contributed by atoms with Crippen LogP contribution in [0.4, 0.5) is 11.5 Å². The smallest absolute Gasteiger partial charge is 0.267 e. The molecule has 6 N–H and O–H groups in total. The van der Waals surface area contributed by atoms with Gasteiger partial charge in [-0.1, -0.05) is 0 Å². The topological polar surface area (TPSA) is 123 Å². The van der Waals surface area contributed by atoms with Crippen LogP contribution >= 0.6 is 0 Å². The molecule has 20 heavy (non-hydrogen) atoms. The first-order valence-electron chi connectivity index (χ1n) is 6.25. The molecule has 0 aliphatic rings. The van der Waals surface area contributed by atoms with Gasteiger partial charge >= 0.3 is 0 Å². The van der Waals surface area contributed by atoms with Crippen LogP contribution < -0.4 is 22.1 Å². The second-order valence-corrected chi connectivity index (χ2v) is 5.60. The minimum Gasteiger partial charge on any atom is -0.396 e. The van der Waals surface area contributed by atoms with Crippen molar-refractivity contribution in [2.45, 2.75) is 39.3 Å². The fraction of sp³-hybridized carbons (Fsp3) is 0.462. The summed E-state index contributed by atoms with van der Waals surface area (Å²) in [6.07, 6.45) is 0. The van der Waals surface area contributed by atoms with Crippen LogP contribution in [0.5, 0.6) is 0 Å². The molecular formula is C13H21N5O2. The Hall–Kier alpha value is -2.31. The number of hydrogen-bond donors (Lipinski definition) is 4. The number of carbonyl (C=O) groups is 2. The quantitative estimate of drug-likeness (QED) is 0.638. The van der Waals surface area contributed by atoms with E-state index >= 15 is 0 Å². The SMILES string of the molecule is CC(Nc1nc(C(N)=O)ccc1N)C(=O)NC(C)(C)C. The Bertz CT molecular complexity index is 522. The van der Waals surface area contributed by atoms with Crippen molar-refractivity contribution in [1.29, 1.82) is 0 Å². The first-order valence-corrected chi connectivity index (χ1v) is 6.25. The summed E-state index contributed by atoms with van der Waals surface area (Å²) in [6, 6.07) is 2.40. The summed E-state index contributed by atoms with van der Waals surface area (Å²) in [5, 5.41) is 5.71. The van der Waals surface area contributed by atoms with Gasteiger partial charge in [-0.2, -0.15) is 0 Å². The number of hydrogen-bond acceptors (Lipinski definition) is 5. The number of nitrogen functional groups attached to an aromatic ring is 1. The molecule has 7 heteroatoms. The van der Waals surface area contributed by atoms with E-state index in [-0.39, 0.29) is 23.0 Å². The molecule has 1 aromatic rings. The molecule has 0 fully saturated rings. The van der Waals surface area contributed by atoms with Crippen molar-refractivity contribution >= 4 is 23.3 Å². The summed E-state index contributed by atoms with van der Waals surface area (Å²) in [5.74, 6) is -0.583. The second kappa shape index (κ2) is 5.77. The molecule has 110 valence electrons. The Morgan fingerprint density at radius 3 is 2.40 bits per heavy atom. The van der Waals surface area contributed by atoms with Gasteiger partial charge in [-0.15, -0.1) is 0 Å². The first kappa shape index (κ1) is 15.7. The molecule has 0 bridgehead atoms. The average molecular weight is 279 g/mol. The molecule has 1 heterocycles. The van der Waals surface area contributed by atoms with Gasteiger partial charge in [0.05, 0.1) is 5.69 Å². The van der Waals surface area contributed by atoms with Crippen molar-refractivity contribution in [2.24, 2.45) is 5.73 Å². The first-order chi connectivity index (χ1) is 9.10. The molecule has 0 spiro atoms. The maximum Gasteiger partial charge on any atom is 0.267 e. The van der Waals surface area contributed by atoms with Crippen molar-refractivity contribution in [3.8, 4) is 0 Å². The lowest BCUT2D eigenvalue weighted by Crippen LogP contribution is -2.47. The highest BCUT2D eigenvalue weighted by Crippen LogP contribution is 2.16. The molecule has 0 aliphatic heterocycles. The number of nitrogens with zero attached hydrogens (tertiary/aromatic N) is 1. The standard InChI is InChI=1S/C13H21N5O2/c1-7(12(20)18-13(2,3)4)16-11-8(14)5-6-9(17-11)10(15)19/h5-7H,14H2,1-4H3,(H2,15,19)(H,16,17)(H,18,20). The lowest BCUT2D eigenvalue weighted by molar-refractivity contribution is -0.122. The number of primary amides is 1. The Morgan fingerprint density at radius 2 is 1.90 bits per heavy atom. The molecule has 0 saturated carbocycles. The molecule has 0 aromatic carbocycles. The van der Waals surface area contributed by atoms with E-state index in [4.69, 9.17) is 11.5 Å². The third kappa shape index (κ3) is 4.42. The highest BCUT2D eigenvalue weighted by atomic mass is 16.2. The normalized spacial score (nSPS) is 12.6. The predicted octanol–water partition coefficient (Wildman–Crippen LogP) is 0.478. The van der Waals surface area contributed by atoms with Crippen LogP contribution in [0.15, 0.2) is 12.1 Å². The van der Waals surface area contributed by atoms with Crippen molar-refractivity contribution < 1.29 is 9.59 Å². The summed E-state index contributed by atoms with van der Waals surface area (Å²) in [7, 11) is 0. The number of carbonyl (C=O) groups excluding carboxylic acids is 2. The van der Waals surface area contributed by atoms with E-state index in [0.29, 0.717) is 5.69 Å². The van der Waals surface area contributed by atoms with Gasteiger partial charge in [0, 0.05) is 5.54 Å². The van der Waals surface area contributed by atoms with Gasteiger partial charge in [0.25, 0.3) is 5.91 Å². The lowest BCUT2D eigenvalue weighted by atomic mass is 10.1. The monoisotopic (exact) mass is 279 g/mol. The number of amides is 2. The van der Waals surface area contributed by atoms with E-state index in [2.05, 4.69) is 15.6 Å². The zero-order valence-corrected chi connectivity index (χ0v) is 12.2. The highest BCUT2D eigenvalue weighted by molar-refractivity contribution is 5.92. The lowest BCUT2D eigenvalue weighted by Gasteiger charge is -2.24.